The topological polar surface area (TPSA) is 47.9 Å². The van der Waals surface area contributed by atoms with Gasteiger partial charge in [0.1, 0.15) is 12.2 Å². The molecule has 1 fully saturated rings. The minimum Gasteiger partial charge on any atom is -0.391 e. The number of hydrogen-bond donors (Lipinski definition) is 1. The van der Waals surface area contributed by atoms with Crippen LogP contribution in [0, 0.1) is 0 Å². The maximum absolute atomic E-state index is 10.2. The molecule has 0 aromatic heterocycles. The summed E-state index contributed by atoms with van der Waals surface area (Å²) >= 11 is 0. The summed E-state index contributed by atoms with van der Waals surface area (Å²) in [6.07, 6.45) is -1.50. The van der Waals surface area contributed by atoms with Crippen molar-refractivity contribution in [3.63, 3.8) is 0 Å². The number of aliphatic hydroxyl groups excluding tert-OH is 1. The van der Waals surface area contributed by atoms with E-state index >= 15 is 0 Å². The Morgan fingerprint density at radius 3 is 2.21 bits per heavy atom. The van der Waals surface area contributed by atoms with Crippen molar-refractivity contribution in [2.45, 2.75) is 76.9 Å². The monoisotopic (exact) mass is 270 g/mol. The van der Waals surface area contributed by atoms with Gasteiger partial charge in [0.2, 0.25) is 0 Å². The van der Waals surface area contributed by atoms with Crippen LogP contribution >= 0.6 is 0 Å². The summed E-state index contributed by atoms with van der Waals surface area (Å²) in [5.41, 5.74) is -0.619. The highest BCUT2D eigenvalue weighted by molar-refractivity contribution is 6.12. The van der Waals surface area contributed by atoms with Crippen LogP contribution in [0.1, 0.15) is 41.5 Å². The van der Waals surface area contributed by atoms with Gasteiger partial charge in [0.25, 0.3) is 0 Å². The third-order valence-electron chi connectivity index (χ3n) is 2.81. The summed E-state index contributed by atoms with van der Waals surface area (Å²) in [6, 6.07) is 0. The Kier molecular flexibility index (Phi) is 5.47. The first kappa shape index (κ1) is 17.0. The van der Waals surface area contributed by atoms with Crippen molar-refractivity contribution in [3.05, 3.63) is 0 Å². The van der Waals surface area contributed by atoms with E-state index < -0.39 is 18.0 Å². The van der Waals surface area contributed by atoms with Gasteiger partial charge in [0.15, 0.2) is 0 Å². The zero-order valence-electron chi connectivity index (χ0n) is 13.0. The highest BCUT2D eigenvalue weighted by atomic mass is 16.6. The maximum Gasteiger partial charge on any atom is 0.112 e. The van der Waals surface area contributed by atoms with E-state index in [1.165, 1.54) is 0 Å². The molecule has 1 rings (SSSR count). The van der Waals surface area contributed by atoms with E-state index in [1.807, 2.05) is 41.5 Å². The van der Waals surface area contributed by atoms with Crippen LogP contribution < -0.4 is 0 Å². The van der Waals surface area contributed by atoms with Gasteiger partial charge in [0, 0.05) is 6.61 Å². The Morgan fingerprint density at radius 2 is 1.74 bits per heavy atom. The highest BCUT2D eigenvalue weighted by Gasteiger charge is 2.40. The van der Waals surface area contributed by atoms with Gasteiger partial charge < -0.3 is 19.3 Å². The van der Waals surface area contributed by atoms with Gasteiger partial charge in [-0.15, -0.1) is 0 Å². The molecule has 110 valence electrons. The fourth-order valence-electron chi connectivity index (χ4n) is 1.92. The Morgan fingerprint density at radius 1 is 1.16 bits per heavy atom. The molecule has 1 saturated heterocycles. The lowest BCUT2D eigenvalue weighted by Crippen LogP contribution is -2.54. The lowest BCUT2D eigenvalue weighted by atomic mass is 9.78. The number of rotatable bonds is 3. The van der Waals surface area contributed by atoms with Crippen molar-refractivity contribution in [1.29, 1.82) is 0 Å². The van der Waals surface area contributed by atoms with Crippen LogP contribution in [0.4, 0.5) is 0 Å². The average molecular weight is 270 g/mol. The van der Waals surface area contributed by atoms with Gasteiger partial charge in [-0.3, -0.25) is 0 Å². The van der Waals surface area contributed by atoms with E-state index in [2.05, 4.69) is 0 Å². The number of hydrogen-bond acceptors (Lipinski definition) is 4. The minimum atomic E-state index is -0.735. The van der Waals surface area contributed by atoms with Crippen LogP contribution in [0.5, 0.6) is 0 Å². The predicted octanol–water partition coefficient (Wildman–Crippen LogP) is 1.70. The molecular formula is C14H27BO4. The lowest BCUT2D eigenvalue weighted by molar-refractivity contribution is -0.214. The minimum absolute atomic E-state index is 0.250. The molecule has 1 heterocycles. The van der Waals surface area contributed by atoms with Crippen molar-refractivity contribution in [1.82, 2.24) is 0 Å². The lowest BCUT2D eigenvalue weighted by Gasteiger charge is -2.42. The molecule has 4 nitrogen and oxygen atoms in total. The molecule has 1 N–H and O–H groups in total. The van der Waals surface area contributed by atoms with Crippen molar-refractivity contribution in [2.24, 2.45) is 0 Å². The third kappa shape index (κ3) is 5.82. The first-order valence-electron chi connectivity index (χ1n) is 6.87. The average Bonchev–Trinajstić information content (AvgIpc) is 2.21. The predicted molar refractivity (Wildman–Crippen MR) is 75.6 cm³/mol. The summed E-state index contributed by atoms with van der Waals surface area (Å²) in [7, 11) is 5.84. The second-order valence-corrected chi connectivity index (χ2v) is 7.14. The van der Waals surface area contributed by atoms with Crippen LogP contribution in [0.25, 0.3) is 0 Å². The van der Waals surface area contributed by atoms with E-state index in [-0.39, 0.29) is 17.3 Å². The normalized spacial score (nSPS) is 33.4. The first-order chi connectivity index (χ1) is 8.49. The Balaban J connectivity index is 2.70. The first-order valence-corrected chi connectivity index (χ1v) is 6.87. The summed E-state index contributed by atoms with van der Waals surface area (Å²) in [4.78, 5) is 0. The summed E-state index contributed by atoms with van der Waals surface area (Å²) in [5, 5.41) is 10.2. The van der Waals surface area contributed by atoms with Crippen molar-refractivity contribution in [3.8, 4) is 0 Å². The molecule has 1 aliphatic heterocycles. The van der Waals surface area contributed by atoms with E-state index in [4.69, 9.17) is 22.1 Å². The largest absolute Gasteiger partial charge is 0.391 e. The van der Waals surface area contributed by atoms with Crippen LogP contribution in [-0.4, -0.2) is 55.7 Å². The molecule has 0 saturated carbocycles. The quantitative estimate of drug-likeness (QED) is 0.793. The molecule has 0 aromatic rings. The van der Waals surface area contributed by atoms with Crippen LogP contribution in [0.3, 0.4) is 0 Å². The van der Waals surface area contributed by atoms with Gasteiger partial charge in [0.05, 0.1) is 31.8 Å². The molecule has 0 bridgehead atoms. The van der Waals surface area contributed by atoms with Crippen LogP contribution in [-0.2, 0) is 14.2 Å². The molecule has 5 heteroatoms. The molecule has 0 amide bonds. The van der Waals surface area contributed by atoms with E-state index in [9.17, 15) is 5.11 Å². The molecule has 1 aliphatic rings. The van der Waals surface area contributed by atoms with Gasteiger partial charge >= 0.3 is 0 Å². The van der Waals surface area contributed by atoms with Crippen LogP contribution in [0.15, 0.2) is 0 Å². The summed E-state index contributed by atoms with van der Waals surface area (Å²) < 4.78 is 17.3. The molecule has 0 spiro atoms. The van der Waals surface area contributed by atoms with E-state index in [0.717, 1.165) is 0 Å². The van der Waals surface area contributed by atoms with Crippen molar-refractivity contribution >= 4 is 7.85 Å². The summed E-state index contributed by atoms with van der Waals surface area (Å²) in [6.45, 7) is 12.5. The third-order valence-corrected chi connectivity index (χ3v) is 2.81. The Hall–Kier alpha value is -0.0951. The maximum atomic E-state index is 10.2. The van der Waals surface area contributed by atoms with Crippen molar-refractivity contribution < 1.29 is 19.3 Å². The fourth-order valence-corrected chi connectivity index (χ4v) is 1.92. The standard InChI is InChI=1S/C14H27BO4/c1-13(2,3)18-8-10-12(19-14(4,5)6)11(16)9(15)7-17-10/h9-12,16H,7-8H2,1-6H3/t9-,10-,11+,12-/m1/s1. The zero-order valence-corrected chi connectivity index (χ0v) is 13.0. The molecule has 19 heavy (non-hydrogen) atoms. The zero-order chi connectivity index (χ0) is 14.8. The number of aliphatic hydroxyl groups is 1. The Bertz CT molecular complexity index is 282. The SMILES string of the molecule is [B][C@@H]1CO[C@H](COC(C)(C)C)[C@@H](OC(C)(C)C)[C@H]1O. The molecule has 2 radical (unpaired) electrons. The van der Waals surface area contributed by atoms with Crippen LogP contribution in [0.2, 0.25) is 5.82 Å². The van der Waals surface area contributed by atoms with Gasteiger partial charge in [-0.25, -0.2) is 0 Å². The highest BCUT2D eigenvalue weighted by Crippen LogP contribution is 2.29. The molecule has 4 atom stereocenters. The fraction of sp³-hybridized carbons (Fsp3) is 1.00. The van der Waals surface area contributed by atoms with E-state index in [0.29, 0.717) is 13.2 Å². The summed E-state index contributed by atoms with van der Waals surface area (Å²) in [5.74, 6) is -0.418. The number of ether oxygens (including phenoxy) is 3. The molecular weight excluding hydrogens is 243 g/mol. The molecule has 0 unspecified atom stereocenters. The van der Waals surface area contributed by atoms with Crippen molar-refractivity contribution in [2.75, 3.05) is 13.2 Å². The smallest absolute Gasteiger partial charge is 0.112 e. The Labute approximate surface area is 118 Å². The van der Waals surface area contributed by atoms with Gasteiger partial charge in [-0.2, -0.15) is 0 Å². The van der Waals surface area contributed by atoms with E-state index in [1.54, 1.807) is 0 Å². The van der Waals surface area contributed by atoms with Gasteiger partial charge in [-0.1, -0.05) is 0 Å². The molecule has 0 aromatic carbocycles. The van der Waals surface area contributed by atoms with Gasteiger partial charge in [-0.05, 0) is 47.4 Å². The second kappa shape index (κ2) is 6.12. The second-order valence-electron chi connectivity index (χ2n) is 7.14. The molecule has 0 aliphatic carbocycles.